The minimum absolute atomic E-state index is 0.0304. The summed E-state index contributed by atoms with van der Waals surface area (Å²) < 4.78 is 58.1. The van der Waals surface area contributed by atoms with Crippen LogP contribution in [-0.2, 0) is 51.6 Å². The molecule has 0 aromatic carbocycles. The van der Waals surface area contributed by atoms with Gasteiger partial charge in [-0.3, -0.25) is 18.6 Å². The van der Waals surface area contributed by atoms with Crippen molar-refractivity contribution in [3.63, 3.8) is 0 Å². The van der Waals surface area contributed by atoms with Gasteiger partial charge in [-0.1, -0.05) is 154 Å². The first-order valence-corrected chi connectivity index (χ1v) is 31.0. The molecule has 16 atom stereocenters. The largest absolute Gasteiger partial charge is 0.472 e. The van der Waals surface area contributed by atoms with Crippen LogP contribution in [0.1, 0.15) is 194 Å². The highest BCUT2D eigenvalue weighted by molar-refractivity contribution is 7.47. The minimum Gasteiger partial charge on any atom is -0.462 e. The lowest BCUT2D eigenvalue weighted by Gasteiger charge is -2.49. The van der Waals surface area contributed by atoms with E-state index in [0.717, 1.165) is 64.2 Å². The maximum absolute atomic E-state index is 14.0. The molecule has 79 heavy (non-hydrogen) atoms. The number of phosphoric ester groups is 1. The van der Waals surface area contributed by atoms with Crippen molar-refractivity contribution in [3.8, 4) is 0 Å². The number of carbonyl (C=O) groups excluding carboxylic acids is 2. The van der Waals surface area contributed by atoms with Gasteiger partial charge in [0, 0.05) is 12.8 Å². The monoisotopic (exact) mass is 1160 g/mol. The Morgan fingerprint density at radius 3 is 1.25 bits per heavy atom. The average Bonchev–Trinajstić information content (AvgIpc) is 3.50. The van der Waals surface area contributed by atoms with Gasteiger partial charge in [0.25, 0.3) is 0 Å². The second-order valence-electron chi connectivity index (χ2n) is 21.5. The van der Waals surface area contributed by atoms with E-state index in [1.807, 2.05) is 0 Å². The van der Waals surface area contributed by atoms with Crippen molar-refractivity contribution < 1.29 is 113 Å². The fourth-order valence-electron chi connectivity index (χ4n) is 9.88. The summed E-state index contributed by atoms with van der Waals surface area (Å²) in [4.78, 5) is 37.5. The van der Waals surface area contributed by atoms with Crippen LogP contribution in [0.3, 0.4) is 0 Å². The first-order chi connectivity index (χ1) is 37.9. The number of rotatable bonds is 43. The Hall–Kier alpha value is -1.81. The summed E-state index contributed by atoms with van der Waals surface area (Å²) in [6, 6.07) is 0. The first kappa shape index (κ1) is 71.5. The SMILES string of the molecule is CCCCCCCCCC=CCCCCCC(=O)OCC(COP(=O)(O)OC1C(OC2OC(CO)C(O)C(O)C2O)C(O)C(O)C(O)C1OC1OC(CO)C(O)C(O)C1O)OC(=O)CCCCCCCCCCCCCCCC. The fourth-order valence-corrected chi connectivity index (χ4v) is 10.8. The number of esters is 2. The molecule has 2 aliphatic heterocycles. The molecule has 3 rings (SSSR count). The van der Waals surface area contributed by atoms with E-state index in [9.17, 15) is 75.2 Å². The molecule has 0 radical (unpaired) electrons. The zero-order valence-electron chi connectivity index (χ0n) is 46.9. The third-order valence-electron chi connectivity index (χ3n) is 14.8. The number of allylic oxidation sites excluding steroid dienone is 2. The lowest BCUT2D eigenvalue weighted by molar-refractivity contribution is -0.360. The molecule has 0 spiro atoms. The number of ether oxygens (including phenoxy) is 6. The topological polar surface area (TPSA) is 368 Å². The van der Waals surface area contributed by atoms with E-state index in [1.54, 1.807) is 0 Å². The minimum atomic E-state index is -5.63. The van der Waals surface area contributed by atoms with Crippen molar-refractivity contribution >= 4 is 19.8 Å². The van der Waals surface area contributed by atoms with Crippen LogP contribution in [0.15, 0.2) is 12.2 Å². The number of aliphatic hydroxyl groups is 11. The summed E-state index contributed by atoms with van der Waals surface area (Å²) in [5, 5.41) is 117. The number of unbranched alkanes of at least 4 members (excludes halogenated alkanes) is 23. The van der Waals surface area contributed by atoms with Crippen LogP contribution >= 0.6 is 7.82 Å². The molecule has 24 heteroatoms. The second-order valence-corrected chi connectivity index (χ2v) is 22.9. The normalized spacial score (nSPS) is 31.5. The van der Waals surface area contributed by atoms with Gasteiger partial charge in [0.15, 0.2) is 18.7 Å². The van der Waals surface area contributed by atoms with Crippen LogP contribution in [0.5, 0.6) is 0 Å². The number of aliphatic hydroxyl groups excluding tert-OH is 11. The van der Waals surface area contributed by atoms with Gasteiger partial charge in [0.05, 0.1) is 19.8 Å². The Balaban J connectivity index is 1.71. The number of phosphoric acid groups is 1. The molecule has 3 fully saturated rings. The molecule has 0 aromatic rings. The van der Waals surface area contributed by atoms with E-state index < -0.39 is 150 Å². The van der Waals surface area contributed by atoms with Crippen molar-refractivity contribution in [2.75, 3.05) is 26.4 Å². The van der Waals surface area contributed by atoms with Gasteiger partial charge in [-0.15, -0.1) is 0 Å². The van der Waals surface area contributed by atoms with Gasteiger partial charge in [0.1, 0.15) is 92.1 Å². The fraction of sp³-hybridized carbons (Fsp3) is 0.927. The highest BCUT2D eigenvalue weighted by Crippen LogP contribution is 2.49. The summed E-state index contributed by atoms with van der Waals surface area (Å²) in [5.74, 6) is -1.35. The van der Waals surface area contributed by atoms with Crippen LogP contribution < -0.4 is 0 Å². The van der Waals surface area contributed by atoms with E-state index in [0.29, 0.717) is 12.8 Å². The predicted octanol–water partition coefficient (Wildman–Crippen LogP) is 3.93. The van der Waals surface area contributed by atoms with Crippen LogP contribution in [0, 0.1) is 0 Å². The summed E-state index contributed by atoms with van der Waals surface area (Å²) in [7, 11) is -5.63. The number of hydrogen-bond donors (Lipinski definition) is 12. The van der Waals surface area contributed by atoms with Gasteiger partial charge < -0.3 is 89.5 Å². The van der Waals surface area contributed by atoms with Gasteiger partial charge in [0.2, 0.25) is 0 Å². The van der Waals surface area contributed by atoms with Crippen LogP contribution in [-0.4, -0.2) is 204 Å². The van der Waals surface area contributed by atoms with Crippen molar-refractivity contribution in [2.24, 2.45) is 0 Å². The van der Waals surface area contributed by atoms with Crippen LogP contribution in [0.4, 0.5) is 0 Å². The third kappa shape index (κ3) is 26.3. The lowest BCUT2D eigenvalue weighted by atomic mass is 9.84. The third-order valence-corrected chi connectivity index (χ3v) is 15.8. The standard InChI is InChI=1S/C55H101O23P/c1-3-5-7-9-11-13-15-17-19-21-23-25-27-29-31-40(58)71-35-37(73-41(59)32-30-28-26-24-22-20-18-16-14-12-10-8-6-4-2)36-72-79(69,70)78-53-51(76-54-49(67)44(62)42(60)38(33-56)74-54)47(65)46(64)48(66)52(53)77-55-50(68)45(63)43(61)39(34-57)75-55/h19,21,37-39,42-57,60-68H,3-18,20,22-36H2,1-2H3,(H,69,70). The van der Waals surface area contributed by atoms with Gasteiger partial charge in [-0.2, -0.15) is 0 Å². The summed E-state index contributed by atoms with van der Waals surface area (Å²) in [6.07, 6.45) is -2.30. The van der Waals surface area contributed by atoms with E-state index >= 15 is 0 Å². The molecular weight excluding hydrogens is 1060 g/mol. The Morgan fingerprint density at radius 2 is 0.835 bits per heavy atom. The number of hydrogen-bond acceptors (Lipinski definition) is 22. The Morgan fingerprint density at radius 1 is 0.468 bits per heavy atom. The molecule has 1 saturated carbocycles. The van der Waals surface area contributed by atoms with Crippen molar-refractivity contribution in [1.29, 1.82) is 0 Å². The molecule has 0 aromatic heterocycles. The smallest absolute Gasteiger partial charge is 0.462 e. The number of carbonyl (C=O) groups is 2. The molecule has 464 valence electrons. The maximum Gasteiger partial charge on any atom is 0.472 e. The second kappa shape index (κ2) is 40.5. The molecule has 1 aliphatic carbocycles. The molecule has 3 aliphatic rings. The molecule has 0 bridgehead atoms. The van der Waals surface area contributed by atoms with E-state index in [2.05, 4.69) is 26.0 Å². The predicted molar refractivity (Wildman–Crippen MR) is 287 cm³/mol. The lowest BCUT2D eigenvalue weighted by Crippen LogP contribution is -2.69. The maximum atomic E-state index is 14.0. The summed E-state index contributed by atoms with van der Waals surface area (Å²) >= 11 is 0. The van der Waals surface area contributed by atoms with Gasteiger partial charge in [-0.05, 0) is 38.5 Å². The Kier molecular flexibility index (Phi) is 36.6. The van der Waals surface area contributed by atoms with Gasteiger partial charge >= 0.3 is 19.8 Å². The zero-order chi connectivity index (χ0) is 58.2. The Bertz CT molecular complexity index is 1630. The molecule has 12 N–H and O–H groups in total. The molecule has 23 nitrogen and oxygen atoms in total. The Labute approximate surface area is 467 Å². The molecule has 2 saturated heterocycles. The van der Waals surface area contributed by atoms with Gasteiger partial charge in [-0.25, -0.2) is 4.57 Å². The summed E-state index contributed by atoms with van der Waals surface area (Å²) in [6.45, 7) is 0.993. The highest BCUT2D eigenvalue weighted by atomic mass is 31.2. The van der Waals surface area contributed by atoms with Crippen LogP contribution in [0.25, 0.3) is 0 Å². The van der Waals surface area contributed by atoms with Crippen molar-refractivity contribution in [2.45, 2.75) is 298 Å². The average molecular weight is 1160 g/mol. The van der Waals surface area contributed by atoms with E-state index in [4.69, 9.17) is 37.5 Å². The highest BCUT2D eigenvalue weighted by Gasteiger charge is 2.58. The quantitative estimate of drug-likeness (QED) is 0.0178. The molecule has 2 heterocycles. The van der Waals surface area contributed by atoms with E-state index in [1.165, 1.54) is 89.9 Å². The summed E-state index contributed by atoms with van der Waals surface area (Å²) in [5.41, 5.74) is 0. The molecule has 16 unspecified atom stereocenters. The van der Waals surface area contributed by atoms with Crippen molar-refractivity contribution in [1.82, 2.24) is 0 Å². The molecular formula is C55H101O23P. The first-order valence-electron chi connectivity index (χ1n) is 29.5. The zero-order valence-corrected chi connectivity index (χ0v) is 47.8. The van der Waals surface area contributed by atoms with E-state index in [-0.39, 0.29) is 12.8 Å². The van der Waals surface area contributed by atoms with Crippen molar-refractivity contribution in [3.05, 3.63) is 12.2 Å². The van der Waals surface area contributed by atoms with Crippen LogP contribution in [0.2, 0.25) is 0 Å². The molecule has 0 amide bonds.